The average molecular weight is 419 g/mol. The molecule has 10 nitrogen and oxygen atoms in total. The van der Waals surface area contributed by atoms with Gasteiger partial charge in [-0.3, -0.25) is 15.0 Å². The number of fused-ring (bicyclic) bond motifs is 1. The van der Waals surface area contributed by atoms with Crippen LogP contribution in [0.2, 0.25) is 0 Å². The number of aromatic amines is 1. The van der Waals surface area contributed by atoms with Gasteiger partial charge in [-0.05, 0) is 24.8 Å². The van der Waals surface area contributed by atoms with Gasteiger partial charge in [0.15, 0.2) is 11.6 Å². The Labute approximate surface area is 179 Å². The third-order valence-corrected chi connectivity index (χ3v) is 5.64. The van der Waals surface area contributed by atoms with Gasteiger partial charge in [0.25, 0.3) is 0 Å². The summed E-state index contributed by atoms with van der Waals surface area (Å²) in [7, 11) is 0. The number of nitrogens with zero attached hydrogens (tertiary/aromatic N) is 6. The van der Waals surface area contributed by atoms with Crippen molar-refractivity contribution < 1.29 is 5.11 Å². The summed E-state index contributed by atoms with van der Waals surface area (Å²) >= 11 is 0. The Morgan fingerprint density at radius 1 is 1.16 bits per heavy atom. The molecule has 0 aromatic carbocycles. The molecule has 0 saturated heterocycles. The number of nitrogens with one attached hydrogen (secondary N) is 3. The first-order valence-electron chi connectivity index (χ1n) is 10.5. The number of anilines is 3. The van der Waals surface area contributed by atoms with E-state index in [1.165, 1.54) is 18.3 Å². The Morgan fingerprint density at radius 3 is 3.03 bits per heavy atom. The largest absolute Gasteiger partial charge is 0.390 e. The van der Waals surface area contributed by atoms with Crippen molar-refractivity contribution in [3.8, 4) is 0 Å². The zero-order chi connectivity index (χ0) is 21.0. The molecule has 3 aromatic rings. The zero-order valence-corrected chi connectivity index (χ0v) is 17.1. The summed E-state index contributed by atoms with van der Waals surface area (Å²) in [5.41, 5.74) is 4.31. The van der Waals surface area contributed by atoms with Gasteiger partial charge in [-0.1, -0.05) is 17.7 Å². The summed E-state index contributed by atoms with van der Waals surface area (Å²) in [6.07, 6.45) is 13.7. The Hall–Kier alpha value is -3.37. The van der Waals surface area contributed by atoms with Gasteiger partial charge in [-0.2, -0.15) is 5.10 Å². The molecule has 160 valence electrons. The van der Waals surface area contributed by atoms with E-state index in [4.69, 9.17) is 0 Å². The standard InChI is InChI=1S/C21H25N9O/c31-16(12-30-8-5-14-3-1-2-4-15(14)11-30)9-24-21-18-19(28-29-21)20(26-13-25-18)27-17-10-22-6-7-23-17/h2,4,6-7,10,13,16,31H,1,3,5,8-9,11-12H2,(H2,24,28,29)(H,23,25,26,27)/t16-/m0/s1. The Morgan fingerprint density at radius 2 is 2.13 bits per heavy atom. The second-order valence-corrected chi connectivity index (χ2v) is 7.82. The Kier molecular flexibility index (Phi) is 5.55. The molecule has 4 heterocycles. The van der Waals surface area contributed by atoms with Crippen molar-refractivity contribution in [3.63, 3.8) is 0 Å². The number of β-amino-alcohol motifs (C(OH)–C–C–N with tert-alkyl or cyclic N) is 1. The number of rotatable bonds is 7. The van der Waals surface area contributed by atoms with Crippen molar-refractivity contribution in [2.45, 2.75) is 25.4 Å². The van der Waals surface area contributed by atoms with Crippen molar-refractivity contribution in [3.05, 3.63) is 48.2 Å². The first-order valence-corrected chi connectivity index (χ1v) is 10.5. The fraction of sp³-hybridized carbons (Fsp3) is 0.381. The normalized spacial score (nSPS) is 17.6. The lowest BCUT2D eigenvalue weighted by atomic mass is 9.91. The molecular weight excluding hydrogens is 394 g/mol. The molecule has 3 aromatic heterocycles. The number of hydrogen-bond donors (Lipinski definition) is 4. The lowest BCUT2D eigenvalue weighted by Gasteiger charge is -2.32. The lowest BCUT2D eigenvalue weighted by Crippen LogP contribution is -2.40. The molecule has 0 unspecified atom stereocenters. The van der Waals surface area contributed by atoms with E-state index in [1.54, 1.807) is 24.2 Å². The van der Waals surface area contributed by atoms with Crippen molar-refractivity contribution in [1.29, 1.82) is 0 Å². The van der Waals surface area contributed by atoms with Crippen molar-refractivity contribution >= 4 is 28.5 Å². The van der Waals surface area contributed by atoms with Gasteiger partial charge < -0.3 is 15.7 Å². The summed E-state index contributed by atoms with van der Waals surface area (Å²) < 4.78 is 0. The molecule has 5 rings (SSSR count). The fourth-order valence-electron chi connectivity index (χ4n) is 4.10. The number of aliphatic hydroxyl groups is 1. The maximum Gasteiger partial charge on any atom is 0.174 e. The van der Waals surface area contributed by atoms with Crippen LogP contribution in [-0.2, 0) is 0 Å². The van der Waals surface area contributed by atoms with Gasteiger partial charge in [0.1, 0.15) is 23.2 Å². The first-order chi connectivity index (χ1) is 15.3. The number of aromatic nitrogens is 6. The van der Waals surface area contributed by atoms with Gasteiger partial charge >= 0.3 is 0 Å². The van der Waals surface area contributed by atoms with Crippen LogP contribution in [-0.4, -0.2) is 72.4 Å². The van der Waals surface area contributed by atoms with E-state index < -0.39 is 6.10 Å². The molecule has 0 spiro atoms. The number of aliphatic hydroxyl groups excluding tert-OH is 1. The third kappa shape index (κ3) is 4.39. The highest BCUT2D eigenvalue weighted by Crippen LogP contribution is 2.27. The molecule has 10 heteroatoms. The van der Waals surface area contributed by atoms with E-state index in [0.717, 1.165) is 25.9 Å². The van der Waals surface area contributed by atoms with Crippen molar-refractivity contribution in [1.82, 2.24) is 35.0 Å². The second-order valence-electron chi connectivity index (χ2n) is 7.82. The van der Waals surface area contributed by atoms with Gasteiger partial charge in [0, 0.05) is 38.6 Å². The highest BCUT2D eigenvalue weighted by Gasteiger charge is 2.21. The highest BCUT2D eigenvalue weighted by atomic mass is 16.3. The first kappa shape index (κ1) is 19.6. The molecular formula is C21H25N9O. The van der Waals surface area contributed by atoms with E-state index in [2.05, 4.69) is 57.8 Å². The van der Waals surface area contributed by atoms with Gasteiger partial charge in [-0.25, -0.2) is 15.0 Å². The van der Waals surface area contributed by atoms with Gasteiger partial charge in [0.05, 0.1) is 12.3 Å². The quantitative estimate of drug-likeness (QED) is 0.455. The highest BCUT2D eigenvalue weighted by molar-refractivity contribution is 5.93. The number of allylic oxidation sites excluding steroid dienone is 1. The van der Waals surface area contributed by atoms with Crippen LogP contribution in [0.4, 0.5) is 17.5 Å². The summed E-state index contributed by atoms with van der Waals surface area (Å²) in [6, 6.07) is 0. The maximum atomic E-state index is 10.6. The van der Waals surface area contributed by atoms with E-state index >= 15 is 0 Å². The minimum atomic E-state index is -0.513. The van der Waals surface area contributed by atoms with Crippen LogP contribution in [0.3, 0.4) is 0 Å². The van der Waals surface area contributed by atoms with Gasteiger partial charge in [-0.15, -0.1) is 0 Å². The lowest BCUT2D eigenvalue weighted by molar-refractivity contribution is 0.124. The molecule has 0 amide bonds. The van der Waals surface area contributed by atoms with E-state index in [9.17, 15) is 5.11 Å². The van der Waals surface area contributed by atoms with E-state index in [1.807, 2.05) is 0 Å². The molecule has 0 bridgehead atoms. The van der Waals surface area contributed by atoms with Crippen LogP contribution in [0, 0.1) is 0 Å². The van der Waals surface area contributed by atoms with Crippen molar-refractivity contribution in [2.75, 3.05) is 36.8 Å². The molecule has 0 saturated carbocycles. The SMILES string of the molecule is O[C@@H](CNc1n[nH]c2c(Nc3cnccn3)ncnc12)CN1CCC2=C(C=CCC2)C1. The molecule has 4 N–H and O–H groups in total. The Balaban J connectivity index is 1.21. The number of hydrogen-bond acceptors (Lipinski definition) is 9. The molecule has 0 radical (unpaired) electrons. The van der Waals surface area contributed by atoms with Crippen LogP contribution in [0.25, 0.3) is 11.0 Å². The average Bonchev–Trinajstić information content (AvgIpc) is 3.22. The van der Waals surface area contributed by atoms with Gasteiger partial charge in [0.2, 0.25) is 0 Å². The van der Waals surface area contributed by atoms with E-state index in [0.29, 0.717) is 41.6 Å². The molecule has 1 aliphatic carbocycles. The van der Waals surface area contributed by atoms with Crippen LogP contribution < -0.4 is 10.6 Å². The maximum absolute atomic E-state index is 10.6. The zero-order valence-electron chi connectivity index (χ0n) is 17.1. The summed E-state index contributed by atoms with van der Waals surface area (Å²) in [5, 5.41) is 24.2. The van der Waals surface area contributed by atoms with Crippen LogP contribution in [0.15, 0.2) is 48.2 Å². The predicted molar refractivity (Wildman–Crippen MR) is 118 cm³/mol. The Bertz CT molecular complexity index is 1110. The van der Waals surface area contributed by atoms with Crippen LogP contribution in [0.5, 0.6) is 0 Å². The molecule has 31 heavy (non-hydrogen) atoms. The van der Waals surface area contributed by atoms with Crippen molar-refractivity contribution in [2.24, 2.45) is 0 Å². The summed E-state index contributed by atoms with van der Waals surface area (Å²) in [4.78, 5) is 19.2. The smallest absolute Gasteiger partial charge is 0.174 e. The topological polar surface area (TPSA) is 128 Å². The fourth-order valence-corrected chi connectivity index (χ4v) is 4.10. The van der Waals surface area contributed by atoms with Crippen LogP contribution in [0.1, 0.15) is 19.3 Å². The molecule has 0 fully saturated rings. The predicted octanol–water partition coefficient (Wildman–Crippen LogP) is 2.01. The molecule has 2 aliphatic rings. The van der Waals surface area contributed by atoms with E-state index in [-0.39, 0.29) is 0 Å². The second kappa shape index (κ2) is 8.78. The molecule has 1 atom stereocenters. The minimum absolute atomic E-state index is 0.384. The third-order valence-electron chi connectivity index (χ3n) is 5.64. The summed E-state index contributed by atoms with van der Waals surface area (Å²) in [6.45, 7) is 2.92. The molecule has 1 aliphatic heterocycles. The monoisotopic (exact) mass is 419 g/mol. The minimum Gasteiger partial charge on any atom is -0.390 e. The van der Waals surface area contributed by atoms with Crippen LogP contribution >= 0.6 is 0 Å². The summed E-state index contributed by atoms with van der Waals surface area (Å²) in [5.74, 6) is 1.72. The number of H-pyrrole nitrogens is 1.